The molecule has 4 aromatic rings. The average Bonchev–Trinajstić information content (AvgIpc) is 3.56. The molecule has 0 N–H and O–H groups in total. The van der Waals surface area contributed by atoms with Gasteiger partial charge in [0.1, 0.15) is 5.60 Å². The maximum Gasteiger partial charge on any atom is 0.306 e. The second kappa shape index (κ2) is 7.62. The van der Waals surface area contributed by atoms with Crippen molar-refractivity contribution < 1.29 is 23.5 Å². The topological polar surface area (TPSA) is 88.6 Å². The third kappa shape index (κ3) is 3.69. The number of hydrogen-bond acceptors (Lipinski definition) is 7. The Morgan fingerprint density at radius 1 is 1.09 bits per heavy atom. The van der Waals surface area contributed by atoms with Crippen molar-refractivity contribution in [2.24, 2.45) is 0 Å². The van der Waals surface area contributed by atoms with Crippen LogP contribution in [0.3, 0.4) is 0 Å². The van der Waals surface area contributed by atoms with E-state index in [1.165, 1.54) is 5.69 Å². The molecular weight excluding hydrogens is 434 g/mol. The van der Waals surface area contributed by atoms with Crippen LogP contribution in [0.2, 0.25) is 0 Å². The summed E-state index contributed by atoms with van der Waals surface area (Å²) < 4.78 is 24.2. The van der Waals surface area contributed by atoms with Gasteiger partial charge in [0.25, 0.3) is 5.89 Å². The molecule has 4 heterocycles. The lowest BCUT2D eigenvalue weighted by molar-refractivity contribution is -0.155. The molecule has 0 fully saturated rings. The van der Waals surface area contributed by atoms with E-state index in [-0.39, 0.29) is 18.7 Å². The monoisotopic (exact) mass is 459 g/mol. The molecule has 1 atom stereocenters. The van der Waals surface area contributed by atoms with Crippen LogP contribution in [0.4, 0.5) is 0 Å². The Balaban J connectivity index is 1.26. The van der Waals surface area contributed by atoms with E-state index in [0.717, 1.165) is 35.0 Å². The number of aromatic nitrogens is 3. The average molecular weight is 460 g/mol. The van der Waals surface area contributed by atoms with Gasteiger partial charge in [-0.3, -0.25) is 4.79 Å². The van der Waals surface area contributed by atoms with Gasteiger partial charge >= 0.3 is 5.97 Å². The molecule has 8 nitrogen and oxygen atoms in total. The fourth-order valence-electron chi connectivity index (χ4n) is 4.73. The minimum Gasteiger partial charge on any atom is -0.460 e. The van der Waals surface area contributed by atoms with Gasteiger partial charge in [-0.25, -0.2) is 0 Å². The molecule has 0 amide bonds. The van der Waals surface area contributed by atoms with Crippen LogP contribution in [0.15, 0.2) is 47.0 Å². The van der Waals surface area contributed by atoms with Crippen LogP contribution >= 0.6 is 0 Å². The van der Waals surface area contributed by atoms with Crippen molar-refractivity contribution in [2.75, 3.05) is 6.79 Å². The van der Waals surface area contributed by atoms with E-state index in [1.807, 2.05) is 45.0 Å². The van der Waals surface area contributed by atoms with Crippen molar-refractivity contribution in [3.05, 3.63) is 48.2 Å². The van der Waals surface area contributed by atoms with Crippen molar-refractivity contribution in [2.45, 2.75) is 51.7 Å². The molecule has 2 aromatic heterocycles. The smallest absolute Gasteiger partial charge is 0.306 e. The first-order chi connectivity index (χ1) is 16.3. The lowest BCUT2D eigenvalue weighted by atomic mass is 10.00. The van der Waals surface area contributed by atoms with Crippen molar-refractivity contribution in [3.63, 3.8) is 0 Å². The molecule has 0 saturated heterocycles. The maximum absolute atomic E-state index is 12.4. The van der Waals surface area contributed by atoms with Gasteiger partial charge in [0, 0.05) is 40.2 Å². The highest BCUT2D eigenvalue weighted by Crippen LogP contribution is 2.39. The highest BCUT2D eigenvalue weighted by atomic mass is 16.7. The number of ether oxygens (including phenoxy) is 3. The molecule has 6 rings (SSSR count). The number of carbonyl (C=O) groups is 1. The zero-order chi connectivity index (χ0) is 23.4. The van der Waals surface area contributed by atoms with Gasteiger partial charge in [-0.05, 0) is 69.7 Å². The van der Waals surface area contributed by atoms with Gasteiger partial charge in [0.2, 0.25) is 12.6 Å². The Hall–Kier alpha value is -3.81. The quantitative estimate of drug-likeness (QED) is 0.382. The fraction of sp³-hybridized carbons (Fsp3) is 0.346. The Bertz CT molecular complexity index is 1410. The van der Waals surface area contributed by atoms with Gasteiger partial charge < -0.3 is 23.3 Å². The summed E-state index contributed by atoms with van der Waals surface area (Å²) in [6.45, 7) is 6.80. The van der Waals surface area contributed by atoms with Crippen molar-refractivity contribution in [3.8, 4) is 34.3 Å². The number of carbonyl (C=O) groups excluding carboxylic acids is 1. The van der Waals surface area contributed by atoms with Crippen LogP contribution in [0.1, 0.15) is 45.2 Å². The van der Waals surface area contributed by atoms with Gasteiger partial charge in [-0.1, -0.05) is 5.16 Å². The standard InChI is InChI=1S/C26H25N3O5/c1-26(2,3)33-23(30)13-15-8-9-29-19-6-4-16(10-18(19)11-20(15)29)24-27-25(34-28-24)17-5-7-21-22(12-17)32-14-31-21/h4-7,10-12,15H,8-9,13-14H2,1-3H3. The number of rotatable bonds is 4. The molecule has 2 aromatic carbocycles. The van der Waals surface area contributed by atoms with Crippen molar-refractivity contribution in [1.82, 2.24) is 14.7 Å². The van der Waals surface area contributed by atoms with Crippen LogP contribution in [0, 0.1) is 0 Å². The summed E-state index contributed by atoms with van der Waals surface area (Å²) in [4.78, 5) is 17.0. The summed E-state index contributed by atoms with van der Waals surface area (Å²) >= 11 is 0. The predicted octanol–water partition coefficient (Wildman–Crippen LogP) is 5.31. The summed E-state index contributed by atoms with van der Waals surface area (Å²) in [5.41, 5.74) is 3.49. The summed E-state index contributed by atoms with van der Waals surface area (Å²) in [6, 6.07) is 13.9. The van der Waals surface area contributed by atoms with Gasteiger partial charge in [0.05, 0.1) is 6.42 Å². The minimum absolute atomic E-state index is 0.153. The molecule has 8 heteroatoms. The Kier molecular flexibility index (Phi) is 4.65. The summed E-state index contributed by atoms with van der Waals surface area (Å²) in [5, 5.41) is 5.28. The number of nitrogens with zero attached hydrogens (tertiary/aromatic N) is 3. The molecule has 0 spiro atoms. The van der Waals surface area contributed by atoms with Crippen LogP contribution in [-0.4, -0.2) is 33.1 Å². The molecule has 2 aliphatic heterocycles. The SMILES string of the molecule is CC(C)(C)OC(=O)CC1CCn2c1cc1cc(-c3noc(-c4ccc5c(c4)OCO5)n3)ccc12. The van der Waals surface area contributed by atoms with E-state index in [1.54, 1.807) is 0 Å². The third-order valence-corrected chi connectivity index (χ3v) is 6.19. The van der Waals surface area contributed by atoms with E-state index in [9.17, 15) is 4.79 Å². The molecule has 34 heavy (non-hydrogen) atoms. The number of benzene rings is 2. The Labute approximate surface area is 196 Å². The molecule has 0 aliphatic carbocycles. The van der Waals surface area contributed by atoms with Crippen LogP contribution in [0.5, 0.6) is 11.5 Å². The number of aryl methyl sites for hydroxylation is 1. The predicted molar refractivity (Wildman–Crippen MR) is 125 cm³/mol. The summed E-state index contributed by atoms with van der Waals surface area (Å²) in [5.74, 6) is 2.33. The molecule has 0 saturated carbocycles. The van der Waals surface area contributed by atoms with E-state index >= 15 is 0 Å². The second-order valence-corrected chi connectivity index (χ2v) is 9.76. The molecule has 174 valence electrons. The number of esters is 1. The van der Waals surface area contributed by atoms with Crippen molar-refractivity contribution >= 4 is 16.9 Å². The largest absolute Gasteiger partial charge is 0.460 e. The van der Waals surface area contributed by atoms with E-state index in [2.05, 4.69) is 32.9 Å². The summed E-state index contributed by atoms with van der Waals surface area (Å²) in [7, 11) is 0. The first-order valence-corrected chi connectivity index (χ1v) is 11.4. The Morgan fingerprint density at radius 2 is 1.91 bits per heavy atom. The number of hydrogen-bond donors (Lipinski definition) is 0. The van der Waals surface area contributed by atoms with E-state index in [4.69, 9.17) is 18.7 Å². The highest BCUT2D eigenvalue weighted by molar-refractivity contribution is 5.86. The molecule has 0 bridgehead atoms. The second-order valence-electron chi connectivity index (χ2n) is 9.76. The molecule has 0 radical (unpaired) electrons. The lowest BCUT2D eigenvalue weighted by Crippen LogP contribution is -2.24. The lowest BCUT2D eigenvalue weighted by Gasteiger charge is -2.20. The van der Waals surface area contributed by atoms with Gasteiger partial charge in [-0.15, -0.1) is 0 Å². The zero-order valence-corrected chi connectivity index (χ0v) is 19.3. The first-order valence-electron chi connectivity index (χ1n) is 11.4. The number of fused-ring (bicyclic) bond motifs is 4. The zero-order valence-electron chi connectivity index (χ0n) is 19.3. The summed E-state index contributed by atoms with van der Waals surface area (Å²) in [6.07, 6.45) is 1.33. The van der Waals surface area contributed by atoms with Crippen LogP contribution < -0.4 is 9.47 Å². The van der Waals surface area contributed by atoms with Gasteiger partial charge in [-0.2, -0.15) is 4.98 Å². The molecule has 1 unspecified atom stereocenters. The third-order valence-electron chi connectivity index (χ3n) is 6.19. The highest BCUT2D eigenvalue weighted by Gasteiger charge is 2.29. The minimum atomic E-state index is -0.471. The van der Waals surface area contributed by atoms with Crippen LogP contribution in [0.25, 0.3) is 33.7 Å². The Morgan fingerprint density at radius 3 is 2.76 bits per heavy atom. The normalized spacial score (nSPS) is 16.7. The van der Waals surface area contributed by atoms with E-state index in [0.29, 0.717) is 29.6 Å². The maximum atomic E-state index is 12.4. The van der Waals surface area contributed by atoms with Crippen LogP contribution in [-0.2, 0) is 16.1 Å². The first kappa shape index (κ1) is 20.8. The fourth-order valence-corrected chi connectivity index (χ4v) is 4.73. The van der Waals surface area contributed by atoms with Gasteiger partial charge in [0.15, 0.2) is 11.5 Å². The van der Waals surface area contributed by atoms with Crippen molar-refractivity contribution in [1.29, 1.82) is 0 Å². The van der Waals surface area contributed by atoms with E-state index < -0.39 is 5.60 Å². The molecular formula is C26H25N3O5. The molecule has 2 aliphatic rings.